The van der Waals surface area contributed by atoms with Gasteiger partial charge in [0.2, 0.25) is 11.8 Å². The van der Waals surface area contributed by atoms with Crippen molar-refractivity contribution in [2.24, 2.45) is 5.73 Å². The molecule has 1 atom stereocenters. The molecule has 0 aliphatic heterocycles. The Morgan fingerprint density at radius 3 is 2.50 bits per heavy atom. The average Bonchev–Trinajstić information content (AvgIpc) is 2.91. The fraction of sp³-hybridized carbons (Fsp3) is 0.250. The summed E-state index contributed by atoms with van der Waals surface area (Å²) in [6.07, 6.45) is 0. The van der Waals surface area contributed by atoms with Crippen LogP contribution in [-0.4, -0.2) is 30.8 Å². The van der Waals surface area contributed by atoms with E-state index in [0.717, 1.165) is 11.1 Å². The van der Waals surface area contributed by atoms with Crippen LogP contribution in [0.2, 0.25) is 0 Å². The van der Waals surface area contributed by atoms with Crippen LogP contribution in [0.4, 0.5) is 5.69 Å². The van der Waals surface area contributed by atoms with Crippen molar-refractivity contribution in [3.05, 3.63) is 51.7 Å². The van der Waals surface area contributed by atoms with Crippen LogP contribution >= 0.6 is 11.3 Å². The van der Waals surface area contributed by atoms with Crippen molar-refractivity contribution in [3.63, 3.8) is 0 Å². The van der Waals surface area contributed by atoms with Crippen molar-refractivity contribution in [1.29, 1.82) is 0 Å². The summed E-state index contributed by atoms with van der Waals surface area (Å²) in [6.45, 7) is 1.79. The summed E-state index contributed by atoms with van der Waals surface area (Å²) in [6, 6.07) is 6.64. The number of carbonyl (C=O) groups is 2. The molecule has 2 aromatic rings. The van der Waals surface area contributed by atoms with Crippen molar-refractivity contribution in [1.82, 2.24) is 4.90 Å². The van der Waals surface area contributed by atoms with Gasteiger partial charge in [0, 0.05) is 11.3 Å². The average molecular weight is 317 g/mol. The number of hydrogen-bond donors (Lipinski definition) is 2. The first-order valence-corrected chi connectivity index (χ1v) is 7.74. The number of likely N-dealkylation sites (N-methyl/N-ethyl adjacent to an activating group) is 1. The SMILES string of the molecule is Cc1cc(NC(=O)C(c2ccsc2)N(C)C)ccc1C(N)=O. The lowest BCUT2D eigenvalue weighted by Crippen LogP contribution is -2.32. The predicted molar refractivity (Wildman–Crippen MR) is 89.1 cm³/mol. The minimum absolute atomic E-state index is 0.116. The Hall–Kier alpha value is -2.18. The van der Waals surface area contributed by atoms with Crippen LogP contribution in [0.3, 0.4) is 0 Å². The Kier molecular flexibility index (Phi) is 4.95. The second kappa shape index (κ2) is 6.72. The minimum atomic E-state index is -0.472. The molecular formula is C16H19N3O2S. The lowest BCUT2D eigenvalue weighted by atomic mass is 10.1. The summed E-state index contributed by atoms with van der Waals surface area (Å²) in [7, 11) is 3.73. The maximum Gasteiger partial charge on any atom is 0.248 e. The summed E-state index contributed by atoms with van der Waals surface area (Å²) in [4.78, 5) is 25.6. The number of aryl methyl sites for hydroxylation is 1. The molecule has 1 heterocycles. The molecular weight excluding hydrogens is 298 g/mol. The first-order valence-electron chi connectivity index (χ1n) is 6.80. The van der Waals surface area contributed by atoms with Gasteiger partial charge in [-0.15, -0.1) is 0 Å². The maximum atomic E-state index is 12.5. The number of thiophene rings is 1. The summed E-state index contributed by atoms with van der Waals surface area (Å²) in [5.74, 6) is -0.588. The van der Waals surface area contributed by atoms with E-state index in [1.54, 1.807) is 36.5 Å². The topological polar surface area (TPSA) is 75.4 Å². The van der Waals surface area contributed by atoms with E-state index >= 15 is 0 Å². The number of benzene rings is 1. The number of primary amides is 1. The first kappa shape index (κ1) is 16.2. The maximum absolute atomic E-state index is 12.5. The standard InChI is InChI=1S/C16H19N3O2S/c1-10-8-12(4-5-13(10)15(17)20)18-16(21)14(19(2)3)11-6-7-22-9-11/h4-9,14H,1-3H3,(H2,17,20)(H,18,21). The molecule has 0 fully saturated rings. The molecule has 5 nitrogen and oxygen atoms in total. The largest absolute Gasteiger partial charge is 0.366 e. The van der Waals surface area contributed by atoms with E-state index in [1.807, 2.05) is 35.8 Å². The quantitative estimate of drug-likeness (QED) is 0.889. The van der Waals surface area contributed by atoms with Gasteiger partial charge in [0.25, 0.3) is 0 Å². The summed E-state index contributed by atoms with van der Waals surface area (Å²) in [5, 5.41) is 6.80. The molecule has 0 spiro atoms. The minimum Gasteiger partial charge on any atom is -0.366 e. The fourth-order valence-electron chi connectivity index (χ4n) is 2.34. The molecule has 2 amide bonds. The Labute approximate surface area is 133 Å². The lowest BCUT2D eigenvalue weighted by Gasteiger charge is -2.23. The van der Waals surface area contributed by atoms with Gasteiger partial charge >= 0.3 is 0 Å². The second-order valence-electron chi connectivity index (χ2n) is 5.31. The Balaban J connectivity index is 2.20. The number of nitrogens with zero attached hydrogens (tertiary/aromatic N) is 1. The van der Waals surface area contributed by atoms with Gasteiger partial charge < -0.3 is 11.1 Å². The monoisotopic (exact) mass is 317 g/mol. The number of hydrogen-bond acceptors (Lipinski definition) is 4. The molecule has 0 saturated heterocycles. The highest BCUT2D eigenvalue weighted by atomic mass is 32.1. The fourth-order valence-corrected chi connectivity index (χ4v) is 3.02. The molecule has 0 aliphatic carbocycles. The third-order valence-corrected chi connectivity index (χ3v) is 4.08. The van der Waals surface area contributed by atoms with Crippen LogP contribution in [0, 0.1) is 6.92 Å². The molecule has 22 heavy (non-hydrogen) atoms. The molecule has 1 unspecified atom stereocenters. The normalized spacial score (nSPS) is 12.2. The van der Waals surface area contributed by atoms with E-state index in [-0.39, 0.29) is 11.9 Å². The molecule has 2 rings (SSSR count). The highest BCUT2D eigenvalue weighted by Gasteiger charge is 2.23. The van der Waals surface area contributed by atoms with Crippen LogP contribution in [0.15, 0.2) is 35.0 Å². The molecule has 0 bridgehead atoms. The zero-order valence-corrected chi connectivity index (χ0v) is 13.6. The van der Waals surface area contributed by atoms with Gasteiger partial charge in [0.1, 0.15) is 6.04 Å². The van der Waals surface area contributed by atoms with E-state index < -0.39 is 5.91 Å². The van der Waals surface area contributed by atoms with Crippen LogP contribution < -0.4 is 11.1 Å². The Morgan fingerprint density at radius 2 is 2.00 bits per heavy atom. The number of nitrogens with one attached hydrogen (secondary N) is 1. The predicted octanol–water partition coefficient (Wildman–Crippen LogP) is 2.40. The van der Waals surface area contributed by atoms with Crippen molar-refractivity contribution >= 4 is 28.8 Å². The zero-order chi connectivity index (χ0) is 16.3. The van der Waals surface area contributed by atoms with Crippen LogP contribution in [0.25, 0.3) is 0 Å². The van der Waals surface area contributed by atoms with Gasteiger partial charge in [-0.25, -0.2) is 0 Å². The Morgan fingerprint density at radius 1 is 1.27 bits per heavy atom. The van der Waals surface area contributed by atoms with E-state index in [0.29, 0.717) is 11.3 Å². The molecule has 1 aromatic carbocycles. The zero-order valence-electron chi connectivity index (χ0n) is 12.8. The number of rotatable bonds is 5. The summed E-state index contributed by atoms with van der Waals surface area (Å²) >= 11 is 1.56. The molecule has 3 N–H and O–H groups in total. The molecule has 0 radical (unpaired) electrons. The first-order chi connectivity index (χ1) is 10.4. The van der Waals surface area contributed by atoms with E-state index in [9.17, 15) is 9.59 Å². The van der Waals surface area contributed by atoms with Gasteiger partial charge in [-0.05, 0) is 67.2 Å². The van der Waals surface area contributed by atoms with Gasteiger partial charge in [0.15, 0.2) is 0 Å². The number of amides is 2. The second-order valence-corrected chi connectivity index (χ2v) is 6.09. The van der Waals surface area contributed by atoms with Crippen LogP contribution in [0.5, 0.6) is 0 Å². The summed E-state index contributed by atoms with van der Waals surface area (Å²) < 4.78 is 0. The van der Waals surface area contributed by atoms with Crippen molar-refractivity contribution in [2.45, 2.75) is 13.0 Å². The molecule has 6 heteroatoms. The third kappa shape index (κ3) is 3.52. The Bertz CT molecular complexity index is 681. The van der Waals surface area contributed by atoms with Crippen molar-refractivity contribution in [2.75, 3.05) is 19.4 Å². The number of anilines is 1. The highest BCUT2D eigenvalue weighted by Crippen LogP contribution is 2.23. The molecule has 0 saturated carbocycles. The van der Waals surface area contributed by atoms with Gasteiger partial charge in [-0.1, -0.05) is 0 Å². The molecule has 116 valence electrons. The van der Waals surface area contributed by atoms with Crippen LogP contribution in [0.1, 0.15) is 27.5 Å². The third-order valence-electron chi connectivity index (χ3n) is 3.38. The number of nitrogens with two attached hydrogens (primary N) is 1. The van der Waals surface area contributed by atoms with Gasteiger partial charge in [-0.2, -0.15) is 11.3 Å². The smallest absolute Gasteiger partial charge is 0.248 e. The van der Waals surface area contributed by atoms with E-state index in [2.05, 4.69) is 5.32 Å². The molecule has 1 aromatic heterocycles. The van der Waals surface area contributed by atoms with Crippen LogP contribution in [-0.2, 0) is 4.79 Å². The highest BCUT2D eigenvalue weighted by molar-refractivity contribution is 7.08. The van der Waals surface area contributed by atoms with Crippen molar-refractivity contribution in [3.8, 4) is 0 Å². The number of carbonyl (C=O) groups excluding carboxylic acids is 2. The van der Waals surface area contributed by atoms with E-state index in [1.165, 1.54) is 0 Å². The van der Waals surface area contributed by atoms with Gasteiger partial charge in [0.05, 0.1) is 0 Å². The lowest BCUT2D eigenvalue weighted by molar-refractivity contribution is -0.120. The van der Waals surface area contributed by atoms with E-state index in [4.69, 9.17) is 5.73 Å². The summed E-state index contributed by atoms with van der Waals surface area (Å²) in [5.41, 5.74) is 8.09. The van der Waals surface area contributed by atoms with Gasteiger partial charge in [-0.3, -0.25) is 14.5 Å². The molecule has 0 aliphatic rings. The van der Waals surface area contributed by atoms with Crippen molar-refractivity contribution < 1.29 is 9.59 Å².